The fourth-order valence-corrected chi connectivity index (χ4v) is 2.37. The van der Waals surface area contributed by atoms with E-state index < -0.39 is 0 Å². The molecule has 5 nitrogen and oxygen atoms in total. The van der Waals surface area contributed by atoms with Crippen LogP contribution in [-0.2, 0) is 7.05 Å². The van der Waals surface area contributed by atoms with Crippen molar-refractivity contribution in [2.45, 2.75) is 13.0 Å². The smallest absolute Gasteiger partial charge is 0.261 e. The van der Waals surface area contributed by atoms with Gasteiger partial charge < -0.3 is 0 Å². The average Bonchev–Trinajstić information content (AvgIpc) is 2.86. The Labute approximate surface area is 120 Å². The molecule has 0 bridgehead atoms. The quantitative estimate of drug-likeness (QED) is 0.727. The molecule has 0 saturated carbocycles. The van der Waals surface area contributed by atoms with Crippen LogP contribution in [0.2, 0.25) is 5.02 Å². The number of halogens is 1. The molecule has 0 radical (unpaired) electrons. The van der Waals surface area contributed by atoms with Crippen LogP contribution in [0, 0.1) is 0 Å². The van der Waals surface area contributed by atoms with Crippen molar-refractivity contribution in [3.63, 3.8) is 0 Å². The molecule has 0 aliphatic carbocycles. The highest BCUT2D eigenvalue weighted by molar-refractivity contribution is 6.31. The second-order valence-electron chi connectivity index (χ2n) is 4.74. The van der Waals surface area contributed by atoms with Gasteiger partial charge in [0, 0.05) is 23.8 Å². The molecule has 0 aliphatic heterocycles. The van der Waals surface area contributed by atoms with Crippen molar-refractivity contribution in [2.24, 2.45) is 7.05 Å². The van der Waals surface area contributed by atoms with E-state index in [4.69, 9.17) is 11.6 Å². The number of aryl methyl sites for hydroxylation is 1. The Bertz CT molecular complexity index is 837. The predicted octanol–water partition coefficient (Wildman–Crippen LogP) is 2.39. The highest BCUT2D eigenvalue weighted by Gasteiger charge is 2.13. The van der Waals surface area contributed by atoms with E-state index in [0.29, 0.717) is 15.9 Å². The molecular formula is C14H13ClN4O. The maximum atomic E-state index is 12.5. The zero-order chi connectivity index (χ0) is 14.3. The summed E-state index contributed by atoms with van der Waals surface area (Å²) >= 11 is 5.95. The average molecular weight is 289 g/mol. The lowest BCUT2D eigenvalue weighted by atomic mass is 10.2. The van der Waals surface area contributed by atoms with Crippen LogP contribution in [0.5, 0.6) is 0 Å². The molecule has 3 rings (SSSR count). The summed E-state index contributed by atoms with van der Waals surface area (Å²) in [5, 5.41) is 5.18. The van der Waals surface area contributed by atoms with Gasteiger partial charge in [0.25, 0.3) is 5.56 Å². The summed E-state index contributed by atoms with van der Waals surface area (Å²) in [4.78, 5) is 16.9. The molecule has 2 aromatic heterocycles. The SMILES string of the molecule is C[C@@H](c1cnn(C)c1)n1cnc2ccc(Cl)cc2c1=O. The van der Waals surface area contributed by atoms with Gasteiger partial charge in [0.05, 0.1) is 29.5 Å². The van der Waals surface area contributed by atoms with Gasteiger partial charge in [0.2, 0.25) is 0 Å². The number of aromatic nitrogens is 4. The Morgan fingerprint density at radius 1 is 1.35 bits per heavy atom. The Kier molecular flexibility index (Phi) is 3.06. The highest BCUT2D eigenvalue weighted by Crippen LogP contribution is 2.18. The first-order valence-electron chi connectivity index (χ1n) is 6.21. The van der Waals surface area contributed by atoms with E-state index in [1.54, 1.807) is 40.0 Å². The number of benzene rings is 1. The topological polar surface area (TPSA) is 52.7 Å². The molecule has 0 amide bonds. The minimum Gasteiger partial charge on any atom is -0.291 e. The van der Waals surface area contributed by atoms with Crippen LogP contribution < -0.4 is 5.56 Å². The van der Waals surface area contributed by atoms with Gasteiger partial charge in [-0.2, -0.15) is 5.10 Å². The molecule has 102 valence electrons. The molecule has 0 fully saturated rings. The van der Waals surface area contributed by atoms with Gasteiger partial charge in [-0.05, 0) is 25.1 Å². The van der Waals surface area contributed by atoms with E-state index in [1.807, 2.05) is 20.2 Å². The Morgan fingerprint density at radius 3 is 2.85 bits per heavy atom. The molecule has 20 heavy (non-hydrogen) atoms. The van der Waals surface area contributed by atoms with Gasteiger partial charge in [-0.3, -0.25) is 14.0 Å². The number of hydrogen-bond acceptors (Lipinski definition) is 3. The summed E-state index contributed by atoms with van der Waals surface area (Å²) in [5.41, 5.74) is 1.50. The van der Waals surface area contributed by atoms with Crippen LogP contribution in [0.25, 0.3) is 10.9 Å². The maximum Gasteiger partial charge on any atom is 0.261 e. The molecule has 0 N–H and O–H groups in total. The van der Waals surface area contributed by atoms with Crippen LogP contribution in [0.1, 0.15) is 18.5 Å². The first-order chi connectivity index (χ1) is 9.56. The lowest BCUT2D eigenvalue weighted by Crippen LogP contribution is -2.24. The van der Waals surface area contributed by atoms with Gasteiger partial charge in [-0.15, -0.1) is 0 Å². The number of rotatable bonds is 2. The van der Waals surface area contributed by atoms with E-state index >= 15 is 0 Å². The van der Waals surface area contributed by atoms with Gasteiger partial charge in [-0.25, -0.2) is 4.98 Å². The van der Waals surface area contributed by atoms with Crippen molar-refractivity contribution >= 4 is 22.5 Å². The third kappa shape index (κ3) is 2.10. The van der Waals surface area contributed by atoms with Crippen LogP contribution in [0.3, 0.4) is 0 Å². The summed E-state index contributed by atoms with van der Waals surface area (Å²) in [5.74, 6) is 0. The second kappa shape index (κ2) is 4.76. The van der Waals surface area contributed by atoms with Gasteiger partial charge in [0.1, 0.15) is 0 Å². The van der Waals surface area contributed by atoms with Crippen LogP contribution in [0.4, 0.5) is 0 Å². The molecule has 0 aliphatic rings. The van der Waals surface area contributed by atoms with E-state index in [1.165, 1.54) is 0 Å². The van der Waals surface area contributed by atoms with Crippen molar-refractivity contribution in [1.29, 1.82) is 0 Å². The fourth-order valence-electron chi connectivity index (χ4n) is 2.20. The summed E-state index contributed by atoms with van der Waals surface area (Å²) in [6.45, 7) is 1.94. The summed E-state index contributed by atoms with van der Waals surface area (Å²) < 4.78 is 3.30. The van der Waals surface area contributed by atoms with E-state index in [9.17, 15) is 4.79 Å². The largest absolute Gasteiger partial charge is 0.291 e. The second-order valence-corrected chi connectivity index (χ2v) is 5.18. The Morgan fingerprint density at radius 2 is 2.15 bits per heavy atom. The minimum atomic E-state index is -0.132. The normalized spacial score (nSPS) is 12.8. The first-order valence-corrected chi connectivity index (χ1v) is 6.59. The lowest BCUT2D eigenvalue weighted by molar-refractivity contribution is 0.608. The van der Waals surface area contributed by atoms with Crippen molar-refractivity contribution < 1.29 is 0 Å². The minimum absolute atomic E-state index is 0.103. The van der Waals surface area contributed by atoms with E-state index in [-0.39, 0.29) is 11.6 Å². The first kappa shape index (κ1) is 12.9. The van der Waals surface area contributed by atoms with Gasteiger partial charge >= 0.3 is 0 Å². The van der Waals surface area contributed by atoms with E-state index in [2.05, 4.69) is 10.1 Å². The van der Waals surface area contributed by atoms with E-state index in [0.717, 1.165) is 5.56 Å². The lowest BCUT2D eigenvalue weighted by Gasteiger charge is -2.13. The van der Waals surface area contributed by atoms with Crippen LogP contribution in [-0.4, -0.2) is 19.3 Å². The standard InChI is InChI=1S/C14H13ClN4O/c1-9(10-6-17-18(2)7-10)19-8-16-13-4-3-11(15)5-12(13)14(19)20/h3-9H,1-2H3/t9-/m0/s1. The summed E-state index contributed by atoms with van der Waals surface area (Å²) in [6, 6.07) is 4.99. The molecule has 0 unspecified atom stereocenters. The van der Waals surface area contributed by atoms with Crippen LogP contribution in [0.15, 0.2) is 41.7 Å². The fraction of sp³-hybridized carbons (Fsp3) is 0.214. The molecule has 1 aromatic carbocycles. The molecule has 6 heteroatoms. The summed E-state index contributed by atoms with van der Waals surface area (Å²) in [7, 11) is 1.84. The number of hydrogen-bond donors (Lipinski definition) is 0. The van der Waals surface area contributed by atoms with Crippen molar-refractivity contribution in [3.8, 4) is 0 Å². The van der Waals surface area contributed by atoms with Gasteiger partial charge in [-0.1, -0.05) is 11.6 Å². The number of nitrogens with zero attached hydrogens (tertiary/aromatic N) is 4. The predicted molar refractivity (Wildman–Crippen MR) is 78.0 cm³/mol. The van der Waals surface area contributed by atoms with Crippen LogP contribution >= 0.6 is 11.6 Å². The molecule has 2 heterocycles. The Hall–Kier alpha value is -2.14. The Balaban J connectivity index is 2.17. The zero-order valence-corrected chi connectivity index (χ0v) is 11.9. The molecule has 0 spiro atoms. The van der Waals surface area contributed by atoms with Crippen molar-refractivity contribution in [1.82, 2.24) is 19.3 Å². The molecule has 0 saturated heterocycles. The third-order valence-corrected chi connectivity index (χ3v) is 3.60. The van der Waals surface area contributed by atoms with Crippen molar-refractivity contribution in [2.75, 3.05) is 0 Å². The number of fused-ring (bicyclic) bond motifs is 1. The summed E-state index contributed by atoms with van der Waals surface area (Å²) in [6.07, 6.45) is 5.20. The molecular weight excluding hydrogens is 276 g/mol. The molecule has 3 aromatic rings. The van der Waals surface area contributed by atoms with Gasteiger partial charge in [0.15, 0.2) is 0 Å². The van der Waals surface area contributed by atoms with Crippen molar-refractivity contribution in [3.05, 3.63) is 57.9 Å². The highest BCUT2D eigenvalue weighted by atomic mass is 35.5. The molecule has 1 atom stereocenters. The monoisotopic (exact) mass is 288 g/mol. The third-order valence-electron chi connectivity index (χ3n) is 3.37. The zero-order valence-electron chi connectivity index (χ0n) is 11.1. The maximum absolute atomic E-state index is 12.5.